The highest BCUT2D eigenvalue weighted by Gasteiger charge is 2.06. The average Bonchev–Trinajstić information content (AvgIpc) is 2.29. The summed E-state index contributed by atoms with van der Waals surface area (Å²) in [6, 6.07) is 8.39. The van der Waals surface area contributed by atoms with Gasteiger partial charge in [0.25, 0.3) is 0 Å². The number of hydrogen-bond donors (Lipinski definition) is 2. The van der Waals surface area contributed by atoms with Crippen molar-refractivity contribution >= 4 is 17.7 Å². The van der Waals surface area contributed by atoms with Crippen molar-refractivity contribution in [1.82, 2.24) is 5.32 Å². The molecule has 0 bridgehead atoms. The minimum absolute atomic E-state index is 0.165. The van der Waals surface area contributed by atoms with Crippen molar-refractivity contribution in [2.45, 2.75) is 24.8 Å². The van der Waals surface area contributed by atoms with Gasteiger partial charge in [-0.2, -0.15) is 0 Å². The van der Waals surface area contributed by atoms with E-state index in [4.69, 9.17) is 5.11 Å². The molecule has 1 aromatic rings. The van der Waals surface area contributed by atoms with E-state index >= 15 is 0 Å². The summed E-state index contributed by atoms with van der Waals surface area (Å²) in [5.41, 5.74) is 1.23. The van der Waals surface area contributed by atoms with Crippen LogP contribution < -0.4 is 5.32 Å². The lowest BCUT2D eigenvalue weighted by Gasteiger charge is -2.10. The number of aliphatic carboxylic acids is 1. The summed E-state index contributed by atoms with van der Waals surface area (Å²) >= 11 is 1.73. The fraction of sp³-hybridized carbons (Fsp3) is 0.462. The van der Waals surface area contributed by atoms with Gasteiger partial charge in [0.1, 0.15) is 0 Å². The summed E-state index contributed by atoms with van der Waals surface area (Å²) in [5, 5.41) is 11.9. The van der Waals surface area contributed by atoms with Gasteiger partial charge in [0.15, 0.2) is 0 Å². The van der Waals surface area contributed by atoms with Gasteiger partial charge in [-0.05, 0) is 36.4 Å². The molecule has 0 fully saturated rings. The van der Waals surface area contributed by atoms with E-state index in [2.05, 4.69) is 35.8 Å². The number of carboxylic acid groups (broad SMARTS) is 1. The van der Waals surface area contributed by atoms with E-state index in [9.17, 15) is 4.79 Å². The van der Waals surface area contributed by atoms with Crippen LogP contribution in [0.3, 0.4) is 0 Å². The van der Waals surface area contributed by atoms with Gasteiger partial charge in [-0.25, -0.2) is 0 Å². The van der Waals surface area contributed by atoms with Gasteiger partial charge < -0.3 is 10.4 Å². The average molecular weight is 253 g/mol. The maximum Gasteiger partial charge on any atom is 0.303 e. The second-order valence-corrected chi connectivity index (χ2v) is 5.06. The third-order valence-corrected chi connectivity index (χ3v) is 3.25. The number of nitrogens with one attached hydrogen (secondary N) is 1. The van der Waals surface area contributed by atoms with Gasteiger partial charge in [-0.3, -0.25) is 4.79 Å². The zero-order chi connectivity index (χ0) is 12.7. The summed E-state index contributed by atoms with van der Waals surface area (Å²) in [4.78, 5) is 11.7. The van der Waals surface area contributed by atoms with Crippen molar-refractivity contribution in [3.05, 3.63) is 29.8 Å². The standard InChI is InChI=1S/C13H19NO2S/c1-10(7-13(15)16)8-14-9-11-3-5-12(17-2)6-4-11/h3-6,10,14H,7-9H2,1-2H3,(H,15,16). The van der Waals surface area contributed by atoms with Crippen molar-refractivity contribution in [2.75, 3.05) is 12.8 Å². The Morgan fingerprint density at radius 3 is 2.59 bits per heavy atom. The van der Waals surface area contributed by atoms with Crippen molar-refractivity contribution in [3.8, 4) is 0 Å². The second kappa shape index (κ2) is 7.35. The molecule has 0 aliphatic heterocycles. The summed E-state index contributed by atoms with van der Waals surface area (Å²) in [7, 11) is 0. The second-order valence-electron chi connectivity index (χ2n) is 4.18. The predicted octanol–water partition coefficient (Wildman–Crippen LogP) is 2.61. The molecule has 4 heteroatoms. The topological polar surface area (TPSA) is 49.3 Å². The Hall–Kier alpha value is -1.00. The van der Waals surface area contributed by atoms with Crippen molar-refractivity contribution in [1.29, 1.82) is 0 Å². The van der Waals surface area contributed by atoms with Crippen LogP contribution in [0.15, 0.2) is 29.2 Å². The highest BCUT2D eigenvalue weighted by molar-refractivity contribution is 7.98. The molecule has 0 amide bonds. The van der Waals surface area contributed by atoms with E-state index in [1.807, 2.05) is 6.92 Å². The first-order chi connectivity index (χ1) is 8.11. The summed E-state index contributed by atoms with van der Waals surface area (Å²) in [6.45, 7) is 3.47. The maximum atomic E-state index is 10.5. The van der Waals surface area contributed by atoms with E-state index in [0.717, 1.165) is 13.1 Å². The highest BCUT2D eigenvalue weighted by Crippen LogP contribution is 2.14. The van der Waals surface area contributed by atoms with Crippen molar-refractivity contribution < 1.29 is 9.90 Å². The van der Waals surface area contributed by atoms with Crippen LogP contribution in [0.2, 0.25) is 0 Å². The van der Waals surface area contributed by atoms with Crippen molar-refractivity contribution in [3.63, 3.8) is 0 Å². The first-order valence-electron chi connectivity index (χ1n) is 5.67. The summed E-state index contributed by atoms with van der Waals surface area (Å²) in [6.07, 6.45) is 2.28. The minimum Gasteiger partial charge on any atom is -0.481 e. The van der Waals surface area contributed by atoms with Crippen LogP contribution in [0.25, 0.3) is 0 Å². The van der Waals surface area contributed by atoms with E-state index in [0.29, 0.717) is 0 Å². The van der Waals surface area contributed by atoms with Gasteiger partial charge in [-0.1, -0.05) is 19.1 Å². The van der Waals surface area contributed by atoms with E-state index in [1.54, 1.807) is 11.8 Å². The van der Waals surface area contributed by atoms with Crippen LogP contribution in [-0.4, -0.2) is 23.9 Å². The largest absolute Gasteiger partial charge is 0.481 e. The van der Waals surface area contributed by atoms with E-state index in [1.165, 1.54) is 10.5 Å². The summed E-state index contributed by atoms with van der Waals surface area (Å²) in [5.74, 6) is -0.568. The molecule has 1 unspecified atom stereocenters. The van der Waals surface area contributed by atoms with Crippen molar-refractivity contribution in [2.24, 2.45) is 5.92 Å². The Bertz CT molecular complexity index is 351. The van der Waals surface area contributed by atoms with E-state index < -0.39 is 5.97 Å². The molecule has 94 valence electrons. The Kier molecular flexibility index (Phi) is 6.08. The molecule has 0 aromatic heterocycles. The molecule has 0 spiro atoms. The molecule has 1 rings (SSSR count). The molecule has 0 aliphatic rings. The highest BCUT2D eigenvalue weighted by atomic mass is 32.2. The molecular weight excluding hydrogens is 234 g/mol. The third kappa shape index (κ3) is 5.75. The van der Waals surface area contributed by atoms with Gasteiger partial charge in [0, 0.05) is 17.9 Å². The van der Waals surface area contributed by atoms with Gasteiger partial charge in [-0.15, -0.1) is 11.8 Å². The van der Waals surface area contributed by atoms with Crippen LogP contribution in [0.5, 0.6) is 0 Å². The molecule has 2 N–H and O–H groups in total. The summed E-state index contributed by atoms with van der Waals surface area (Å²) < 4.78 is 0. The van der Waals surface area contributed by atoms with Crippen LogP contribution in [0.4, 0.5) is 0 Å². The number of rotatable bonds is 7. The van der Waals surface area contributed by atoms with Gasteiger partial charge >= 0.3 is 5.97 Å². The van der Waals surface area contributed by atoms with Crippen LogP contribution in [0.1, 0.15) is 18.9 Å². The molecule has 0 aliphatic carbocycles. The molecule has 0 saturated carbocycles. The number of carbonyl (C=O) groups is 1. The quantitative estimate of drug-likeness (QED) is 0.733. The molecule has 0 saturated heterocycles. The number of thioether (sulfide) groups is 1. The molecule has 3 nitrogen and oxygen atoms in total. The zero-order valence-electron chi connectivity index (χ0n) is 10.3. The Labute approximate surface area is 107 Å². The first-order valence-corrected chi connectivity index (χ1v) is 6.89. The molecule has 0 heterocycles. The lowest BCUT2D eigenvalue weighted by molar-refractivity contribution is -0.137. The molecule has 0 radical (unpaired) electrons. The fourth-order valence-corrected chi connectivity index (χ4v) is 1.98. The maximum absolute atomic E-state index is 10.5. The lowest BCUT2D eigenvalue weighted by atomic mass is 10.1. The van der Waals surface area contributed by atoms with Gasteiger partial charge in [0.05, 0.1) is 0 Å². The Morgan fingerprint density at radius 2 is 2.06 bits per heavy atom. The zero-order valence-corrected chi connectivity index (χ0v) is 11.1. The molecule has 1 atom stereocenters. The predicted molar refractivity (Wildman–Crippen MR) is 71.3 cm³/mol. The molecular formula is C13H19NO2S. The monoisotopic (exact) mass is 253 g/mol. The molecule has 17 heavy (non-hydrogen) atoms. The minimum atomic E-state index is -0.733. The number of hydrogen-bond acceptors (Lipinski definition) is 3. The van der Waals surface area contributed by atoms with Gasteiger partial charge in [0.2, 0.25) is 0 Å². The Balaban J connectivity index is 2.28. The van der Waals surface area contributed by atoms with Crippen LogP contribution in [-0.2, 0) is 11.3 Å². The third-order valence-electron chi connectivity index (χ3n) is 2.50. The van der Waals surface area contributed by atoms with Crippen LogP contribution >= 0.6 is 11.8 Å². The smallest absolute Gasteiger partial charge is 0.303 e. The number of carboxylic acids is 1. The van der Waals surface area contributed by atoms with E-state index in [-0.39, 0.29) is 12.3 Å². The van der Waals surface area contributed by atoms with Crippen LogP contribution in [0, 0.1) is 5.92 Å². The Morgan fingerprint density at radius 1 is 1.41 bits per heavy atom. The normalized spacial score (nSPS) is 12.4. The number of benzene rings is 1. The molecule has 1 aromatic carbocycles. The first kappa shape index (κ1) is 14.1. The lowest BCUT2D eigenvalue weighted by Crippen LogP contribution is -2.22. The SMILES string of the molecule is CSc1ccc(CNCC(C)CC(=O)O)cc1. The fourth-order valence-electron chi connectivity index (χ4n) is 1.58.